The molecule has 1 aliphatic rings. The van der Waals surface area contributed by atoms with Crippen LogP contribution in [-0.2, 0) is 4.79 Å². The van der Waals surface area contributed by atoms with Crippen molar-refractivity contribution in [1.29, 1.82) is 0 Å². The predicted octanol–water partition coefficient (Wildman–Crippen LogP) is 4.63. The Balaban J connectivity index is 1.94. The molecule has 22 heavy (non-hydrogen) atoms. The second-order valence-electron chi connectivity index (χ2n) is 5.42. The van der Waals surface area contributed by atoms with Gasteiger partial charge < -0.3 is 0 Å². The fraction of sp³-hybridized carbons (Fsp3) is 0.167. The zero-order valence-corrected chi connectivity index (χ0v) is 11.7. The minimum atomic E-state index is -0.555. The van der Waals surface area contributed by atoms with Crippen LogP contribution >= 0.6 is 0 Å². The molecule has 2 aromatic carbocycles. The predicted molar refractivity (Wildman–Crippen MR) is 77.7 cm³/mol. The van der Waals surface area contributed by atoms with E-state index in [0.717, 1.165) is 23.8 Å². The average Bonchev–Trinajstić information content (AvgIpc) is 2.50. The van der Waals surface area contributed by atoms with Gasteiger partial charge in [-0.2, -0.15) is 0 Å². The molecule has 3 rings (SSSR count). The van der Waals surface area contributed by atoms with E-state index in [2.05, 4.69) is 0 Å². The summed E-state index contributed by atoms with van der Waals surface area (Å²) in [4.78, 5) is 11.9. The van der Waals surface area contributed by atoms with E-state index in [4.69, 9.17) is 0 Å². The molecule has 0 aliphatic heterocycles. The van der Waals surface area contributed by atoms with E-state index in [1.807, 2.05) is 0 Å². The molecule has 1 aliphatic carbocycles. The van der Waals surface area contributed by atoms with E-state index in [-0.39, 0.29) is 29.5 Å². The molecule has 0 heterocycles. The van der Waals surface area contributed by atoms with Crippen molar-refractivity contribution in [2.75, 3.05) is 0 Å². The van der Waals surface area contributed by atoms with Crippen molar-refractivity contribution in [3.63, 3.8) is 0 Å². The fourth-order valence-corrected chi connectivity index (χ4v) is 2.79. The van der Waals surface area contributed by atoms with E-state index in [1.165, 1.54) is 18.2 Å². The Morgan fingerprint density at radius 2 is 1.55 bits per heavy atom. The number of allylic oxidation sites excluding steroid dienone is 2. The van der Waals surface area contributed by atoms with E-state index in [0.29, 0.717) is 12.0 Å². The summed E-state index contributed by atoms with van der Waals surface area (Å²) in [6, 6.07) is 9.11. The van der Waals surface area contributed by atoms with Gasteiger partial charge in [-0.3, -0.25) is 4.79 Å². The first-order valence-electron chi connectivity index (χ1n) is 6.97. The Kier molecular flexibility index (Phi) is 3.84. The molecule has 0 saturated heterocycles. The van der Waals surface area contributed by atoms with E-state index in [1.54, 1.807) is 12.1 Å². The highest BCUT2D eigenvalue weighted by Crippen LogP contribution is 2.36. The summed E-state index contributed by atoms with van der Waals surface area (Å²) >= 11 is 0. The molecule has 4 heteroatoms. The van der Waals surface area contributed by atoms with Gasteiger partial charge in [0.15, 0.2) is 5.78 Å². The van der Waals surface area contributed by atoms with Crippen LogP contribution in [0.4, 0.5) is 13.2 Å². The molecule has 0 spiro atoms. The zero-order chi connectivity index (χ0) is 15.7. The number of rotatable bonds is 2. The van der Waals surface area contributed by atoms with Crippen molar-refractivity contribution >= 4 is 11.4 Å². The smallest absolute Gasteiger partial charge is 0.156 e. The molecule has 0 radical (unpaired) electrons. The third-order valence-corrected chi connectivity index (χ3v) is 3.86. The maximum atomic E-state index is 13.9. The lowest BCUT2D eigenvalue weighted by molar-refractivity contribution is -0.115. The number of hydrogen-bond acceptors (Lipinski definition) is 1. The monoisotopic (exact) mass is 302 g/mol. The Hall–Kier alpha value is -2.36. The SMILES string of the molecule is O=C1C=C(c2cc(F)ccc2F)C[C@@H](c2ccc(F)cc2)C1. The first kappa shape index (κ1) is 14.6. The van der Waals surface area contributed by atoms with Crippen LogP contribution < -0.4 is 0 Å². The molecule has 0 fully saturated rings. The summed E-state index contributed by atoms with van der Waals surface area (Å²) in [7, 11) is 0. The van der Waals surface area contributed by atoms with Gasteiger partial charge in [-0.05, 0) is 59.9 Å². The highest BCUT2D eigenvalue weighted by molar-refractivity contribution is 5.99. The van der Waals surface area contributed by atoms with Crippen molar-refractivity contribution < 1.29 is 18.0 Å². The molecular formula is C18H13F3O. The summed E-state index contributed by atoms with van der Waals surface area (Å²) < 4.78 is 40.2. The number of hydrogen-bond donors (Lipinski definition) is 0. The number of carbonyl (C=O) groups excluding carboxylic acids is 1. The number of benzene rings is 2. The lowest BCUT2D eigenvalue weighted by Crippen LogP contribution is -2.13. The molecule has 0 bridgehead atoms. The molecule has 112 valence electrons. The van der Waals surface area contributed by atoms with Gasteiger partial charge in [0.1, 0.15) is 17.5 Å². The topological polar surface area (TPSA) is 17.1 Å². The van der Waals surface area contributed by atoms with Gasteiger partial charge in [0.25, 0.3) is 0 Å². The first-order valence-corrected chi connectivity index (χ1v) is 6.97. The third-order valence-electron chi connectivity index (χ3n) is 3.86. The maximum absolute atomic E-state index is 13.9. The van der Waals surface area contributed by atoms with Crippen molar-refractivity contribution in [1.82, 2.24) is 0 Å². The van der Waals surface area contributed by atoms with E-state index in [9.17, 15) is 18.0 Å². The summed E-state index contributed by atoms with van der Waals surface area (Å²) in [6.45, 7) is 0. The lowest BCUT2D eigenvalue weighted by atomic mass is 9.81. The van der Waals surface area contributed by atoms with Gasteiger partial charge in [-0.25, -0.2) is 13.2 Å². The number of carbonyl (C=O) groups is 1. The van der Waals surface area contributed by atoms with Crippen LogP contribution in [0.3, 0.4) is 0 Å². The quantitative estimate of drug-likeness (QED) is 0.790. The third kappa shape index (κ3) is 2.96. The summed E-state index contributed by atoms with van der Waals surface area (Å²) in [5.41, 5.74) is 1.40. The number of halogens is 3. The highest BCUT2D eigenvalue weighted by atomic mass is 19.1. The standard InChI is InChI=1S/C18H13F3O/c19-14-3-1-11(2-4-14)12-7-13(9-16(22)8-12)17-10-15(20)5-6-18(17)21/h1-6,9-10,12H,7-8H2/t12-/m1/s1. The molecule has 0 aromatic heterocycles. The van der Waals surface area contributed by atoms with Crippen LogP contribution in [0.25, 0.3) is 5.57 Å². The Morgan fingerprint density at radius 1 is 0.864 bits per heavy atom. The van der Waals surface area contributed by atoms with Crippen LogP contribution in [0.1, 0.15) is 29.9 Å². The van der Waals surface area contributed by atoms with Crippen LogP contribution in [0.5, 0.6) is 0 Å². The van der Waals surface area contributed by atoms with Crippen LogP contribution in [0, 0.1) is 17.5 Å². The molecule has 0 N–H and O–H groups in total. The van der Waals surface area contributed by atoms with E-state index < -0.39 is 11.6 Å². The second-order valence-corrected chi connectivity index (χ2v) is 5.42. The van der Waals surface area contributed by atoms with Gasteiger partial charge in [-0.1, -0.05) is 12.1 Å². The second kappa shape index (κ2) is 5.79. The minimum Gasteiger partial charge on any atom is -0.295 e. The van der Waals surface area contributed by atoms with Gasteiger partial charge in [0, 0.05) is 12.0 Å². The first-order chi connectivity index (χ1) is 10.5. The normalized spacial score (nSPS) is 18.2. The maximum Gasteiger partial charge on any atom is 0.156 e. The van der Waals surface area contributed by atoms with Crippen molar-refractivity contribution in [3.05, 3.63) is 77.1 Å². The molecule has 1 nitrogen and oxygen atoms in total. The van der Waals surface area contributed by atoms with Crippen LogP contribution in [0.2, 0.25) is 0 Å². The molecular weight excluding hydrogens is 289 g/mol. The largest absolute Gasteiger partial charge is 0.295 e. The van der Waals surface area contributed by atoms with Crippen molar-refractivity contribution in [3.8, 4) is 0 Å². The van der Waals surface area contributed by atoms with Gasteiger partial charge in [0.2, 0.25) is 0 Å². The van der Waals surface area contributed by atoms with Crippen LogP contribution in [0.15, 0.2) is 48.5 Å². The van der Waals surface area contributed by atoms with E-state index >= 15 is 0 Å². The Morgan fingerprint density at radius 3 is 2.27 bits per heavy atom. The van der Waals surface area contributed by atoms with Gasteiger partial charge in [-0.15, -0.1) is 0 Å². The average molecular weight is 302 g/mol. The van der Waals surface area contributed by atoms with Gasteiger partial charge in [0.05, 0.1) is 0 Å². The fourth-order valence-electron chi connectivity index (χ4n) is 2.79. The highest BCUT2D eigenvalue weighted by Gasteiger charge is 2.24. The molecule has 1 atom stereocenters. The van der Waals surface area contributed by atoms with Crippen molar-refractivity contribution in [2.45, 2.75) is 18.8 Å². The minimum absolute atomic E-state index is 0.111. The lowest BCUT2D eigenvalue weighted by Gasteiger charge is -2.23. The number of ketones is 1. The Bertz CT molecular complexity index is 747. The molecule has 0 amide bonds. The Labute approximate surface area is 126 Å². The summed E-state index contributed by atoms with van der Waals surface area (Å²) in [5.74, 6) is -1.75. The molecule has 2 aromatic rings. The van der Waals surface area contributed by atoms with Gasteiger partial charge >= 0.3 is 0 Å². The molecule has 0 unspecified atom stereocenters. The summed E-state index contributed by atoms with van der Waals surface area (Å²) in [6.07, 6.45) is 2.07. The van der Waals surface area contributed by atoms with Crippen LogP contribution in [-0.4, -0.2) is 5.78 Å². The zero-order valence-electron chi connectivity index (χ0n) is 11.7. The molecule has 0 saturated carbocycles. The summed E-state index contributed by atoms with van der Waals surface area (Å²) in [5, 5.41) is 0. The van der Waals surface area contributed by atoms with Crippen molar-refractivity contribution in [2.24, 2.45) is 0 Å².